The molecule has 2 aliphatic rings. The SMILES string of the molecule is CN1CCN(c2ccc(NN3C=CCN3)cc2)CC1. The smallest absolute Gasteiger partial charge is 0.0558 e. The minimum atomic E-state index is 0.881. The highest BCUT2D eigenvalue weighted by molar-refractivity contribution is 5.55. The number of nitrogens with one attached hydrogen (secondary N) is 2. The highest BCUT2D eigenvalue weighted by atomic mass is 15.7. The van der Waals surface area contributed by atoms with Crippen LogP contribution < -0.4 is 15.8 Å². The number of hydrazine groups is 2. The highest BCUT2D eigenvalue weighted by Gasteiger charge is 2.14. The maximum Gasteiger partial charge on any atom is 0.0558 e. The van der Waals surface area contributed by atoms with Gasteiger partial charge in [0.2, 0.25) is 0 Å². The Morgan fingerprint density at radius 3 is 2.42 bits per heavy atom. The van der Waals surface area contributed by atoms with E-state index >= 15 is 0 Å². The molecule has 1 fully saturated rings. The zero-order valence-electron chi connectivity index (χ0n) is 11.3. The van der Waals surface area contributed by atoms with Gasteiger partial charge in [0.05, 0.1) is 5.69 Å². The number of anilines is 2. The molecule has 0 aromatic heterocycles. The van der Waals surface area contributed by atoms with Crippen LogP contribution in [0.4, 0.5) is 11.4 Å². The summed E-state index contributed by atoms with van der Waals surface area (Å²) in [6.07, 6.45) is 4.07. The molecule has 2 aliphatic heterocycles. The number of benzene rings is 1. The third kappa shape index (κ3) is 3.00. The molecule has 0 unspecified atom stereocenters. The Bertz CT molecular complexity index is 434. The summed E-state index contributed by atoms with van der Waals surface area (Å²) in [4.78, 5) is 4.82. The Hall–Kier alpha value is -1.72. The van der Waals surface area contributed by atoms with Crippen molar-refractivity contribution in [3.05, 3.63) is 36.5 Å². The van der Waals surface area contributed by atoms with Gasteiger partial charge in [-0.05, 0) is 37.4 Å². The molecule has 0 aliphatic carbocycles. The summed E-state index contributed by atoms with van der Waals surface area (Å²) in [6, 6.07) is 8.63. The summed E-state index contributed by atoms with van der Waals surface area (Å²) >= 11 is 0. The van der Waals surface area contributed by atoms with Crippen LogP contribution in [-0.4, -0.2) is 49.8 Å². The minimum Gasteiger partial charge on any atom is -0.369 e. The van der Waals surface area contributed by atoms with Crippen molar-refractivity contribution in [2.75, 3.05) is 50.1 Å². The van der Waals surface area contributed by atoms with Crippen LogP contribution in [-0.2, 0) is 0 Å². The molecule has 2 heterocycles. The molecular formula is C14H21N5. The van der Waals surface area contributed by atoms with Crippen LogP contribution in [0.2, 0.25) is 0 Å². The van der Waals surface area contributed by atoms with Crippen molar-refractivity contribution in [2.24, 2.45) is 0 Å². The second-order valence-corrected chi connectivity index (χ2v) is 5.07. The molecule has 5 nitrogen and oxygen atoms in total. The summed E-state index contributed by atoms with van der Waals surface area (Å²) < 4.78 is 0. The van der Waals surface area contributed by atoms with Crippen LogP contribution in [0.15, 0.2) is 36.5 Å². The van der Waals surface area contributed by atoms with E-state index in [2.05, 4.69) is 58.0 Å². The molecule has 3 rings (SSSR count). The molecule has 102 valence electrons. The molecule has 2 N–H and O–H groups in total. The van der Waals surface area contributed by atoms with Gasteiger partial charge in [-0.3, -0.25) is 5.43 Å². The minimum absolute atomic E-state index is 0.881. The summed E-state index contributed by atoms with van der Waals surface area (Å²) in [5, 5.41) is 1.88. The Kier molecular flexibility index (Phi) is 3.57. The van der Waals surface area contributed by atoms with Crippen LogP contribution in [0.25, 0.3) is 0 Å². The molecular weight excluding hydrogens is 238 g/mol. The second kappa shape index (κ2) is 5.50. The topological polar surface area (TPSA) is 33.8 Å². The number of nitrogens with zero attached hydrogens (tertiary/aromatic N) is 3. The Balaban J connectivity index is 1.60. The summed E-state index contributed by atoms with van der Waals surface area (Å²) in [5.74, 6) is 0. The molecule has 0 spiro atoms. The highest BCUT2D eigenvalue weighted by Crippen LogP contribution is 2.19. The van der Waals surface area contributed by atoms with E-state index in [-0.39, 0.29) is 0 Å². The van der Waals surface area contributed by atoms with Gasteiger partial charge in [0.15, 0.2) is 0 Å². The van der Waals surface area contributed by atoms with Gasteiger partial charge in [-0.15, -0.1) is 0 Å². The first-order valence-electron chi connectivity index (χ1n) is 6.81. The molecule has 1 aromatic rings. The van der Waals surface area contributed by atoms with Gasteiger partial charge in [-0.2, -0.15) is 0 Å². The number of likely N-dealkylation sites (N-methyl/N-ethyl adjacent to an activating group) is 1. The molecule has 1 saturated heterocycles. The summed E-state index contributed by atoms with van der Waals surface area (Å²) in [5.41, 5.74) is 8.87. The molecule has 19 heavy (non-hydrogen) atoms. The molecule has 0 amide bonds. The van der Waals surface area contributed by atoms with E-state index in [9.17, 15) is 0 Å². The lowest BCUT2D eigenvalue weighted by atomic mass is 10.2. The zero-order chi connectivity index (χ0) is 13.1. The van der Waals surface area contributed by atoms with E-state index in [0.717, 1.165) is 38.4 Å². The average molecular weight is 259 g/mol. The van der Waals surface area contributed by atoms with E-state index in [1.807, 2.05) is 11.3 Å². The second-order valence-electron chi connectivity index (χ2n) is 5.07. The molecule has 5 heteroatoms. The molecule has 0 radical (unpaired) electrons. The van der Waals surface area contributed by atoms with Gasteiger partial charge in [-0.1, -0.05) is 0 Å². The predicted octanol–water partition coefficient (Wildman–Crippen LogP) is 1.10. The molecule has 1 aromatic carbocycles. The third-order valence-corrected chi connectivity index (χ3v) is 3.62. The summed E-state index contributed by atoms with van der Waals surface area (Å²) in [7, 11) is 2.18. The Morgan fingerprint density at radius 1 is 1.05 bits per heavy atom. The normalized spacial score (nSPS) is 20.1. The van der Waals surface area contributed by atoms with Crippen molar-refractivity contribution in [3.8, 4) is 0 Å². The third-order valence-electron chi connectivity index (χ3n) is 3.62. The average Bonchev–Trinajstić information content (AvgIpc) is 2.94. The van der Waals surface area contributed by atoms with Crippen LogP contribution in [0.3, 0.4) is 0 Å². The van der Waals surface area contributed by atoms with E-state index in [1.165, 1.54) is 5.69 Å². The van der Waals surface area contributed by atoms with E-state index in [1.54, 1.807) is 0 Å². The Morgan fingerprint density at radius 2 is 1.79 bits per heavy atom. The van der Waals surface area contributed by atoms with Gasteiger partial charge in [0.1, 0.15) is 0 Å². The van der Waals surface area contributed by atoms with E-state index < -0.39 is 0 Å². The lowest BCUT2D eigenvalue weighted by Crippen LogP contribution is -2.44. The fourth-order valence-electron chi connectivity index (χ4n) is 2.39. The lowest BCUT2D eigenvalue weighted by Gasteiger charge is -2.34. The van der Waals surface area contributed by atoms with Crippen molar-refractivity contribution in [1.29, 1.82) is 0 Å². The van der Waals surface area contributed by atoms with Gasteiger partial charge in [0, 0.05) is 44.6 Å². The number of rotatable bonds is 3. The quantitative estimate of drug-likeness (QED) is 0.849. The number of hydrogen-bond acceptors (Lipinski definition) is 5. The molecule has 0 bridgehead atoms. The largest absolute Gasteiger partial charge is 0.369 e. The monoisotopic (exact) mass is 259 g/mol. The van der Waals surface area contributed by atoms with Crippen molar-refractivity contribution in [1.82, 2.24) is 15.4 Å². The van der Waals surface area contributed by atoms with Crippen LogP contribution >= 0.6 is 0 Å². The van der Waals surface area contributed by atoms with Gasteiger partial charge in [0.25, 0.3) is 0 Å². The maximum absolute atomic E-state index is 3.29. The van der Waals surface area contributed by atoms with Crippen molar-refractivity contribution < 1.29 is 0 Å². The van der Waals surface area contributed by atoms with E-state index in [4.69, 9.17) is 0 Å². The fraction of sp³-hybridized carbons (Fsp3) is 0.429. The van der Waals surface area contributed by atoms with Crippen LogP contribution in [0.5, 0.6) is 0 Å². The van der Waals surface area contributed by atoms with Gasteiger partial charge in [-0.25, -0.2) is 10.5 Å². The van der Waals surface area contributed by atoms with Crippen molar-refractivity contribution in [2.45, 2.75) is 0 Å². The van der Waals surface area contributed by atoms with Crippen LogP contribution in [0, 0.1) is 0 Å². The van der Waals surface area contributed by atoms with Crippen LogP contribution in [0.1, 0.15) is 0 Å². The van der Waals surface area contributed by atoms with Gasteiger partial charge >= 0.3 is 0 Å². The molecule has 0 saturated carbocycles. The number of hydrogen-bond donors (Lipinski definition) is 2. The number of piperazine rings is 1. The Labute approximate surface area is 114 Å². The first kappa shape index (κ1) is 12.3. The first-order chi connectivity index (χ1) is 9.31. The first-order valence-corrected chi connectivity index (χ1v) is 6.81. The molecule has 0 atom stereocenters. The van der Waals surface area contributed by atoms with Crippen molar-refractivity contribution in [3.63, 3.8) is 0 Å². The zero-order valence-corrected chi connectivity index (χ0v) is 11.3. The van der Waals surface area contributed by atoms with E-state index in [0.29, 0.717) is 0 Å². The standard InChI is InChI=1S/C14H21N5/c1-17-9-11-18(12-10-17)14-5-3-13(4-6-14)16-19-8-2-7-15-19/h2-6,8,15-16H,7,9-12H2,1H3. The maximum atomic E-state index is 3.29. The van der Waals surface area contributed by atoms with Crippen molar-refractivity contribution >= 4 is 11.4 Å². The predicted molar refractivity (Wildman–Crippen MR) is 78.8 cm³/mol. The fourth-order valence-corrected chi connectivity index (χ4v) is 2.39. The lowest BCUT2D eigenvalue weighted by molar-refractivity contribution is 0.313. The summed E-state index contributed by atoms with van der Waals surface area (Å²) in [6.45, 7) is 5.39. The van der Waals surface area contributed by atoms with Gasteiger partial charge < -0.3 is 9.80 Å².